The summed E-state index contributed by atoms with van der Waals surface area (Å²) in [7, 11) is 0. The summed E-state index contributed by atoms with van der Waals surface area (Å²) in [6.07, 6.45) is 8.70. The summed E-state index contributed by atoms with van der Waals surface area (Å²) >= 11 is 0. The SMILES string of the molecule is CC1(C)C=CC2(O1)c1ccccc1N(c1ccccc1)c1ccccc12.CC1(C)C=CC2(O1)c1ccccc1Oc1ccccc12. The largest absolute Gasteiger partial charge is 0.457 e. The Kier molecular flexibility index (Phi) is 6.40. The Morgan fingerprint density at radius 1 is 0.413 bits per heavy atom. The lowest BCUT2D eigenvalue weighted by molar-refractivity contribution is -0.0539. The molecule has 4 aliphatic rings. The average molecular weight is 604 g/mol. The second-order valence-corrected chi connectivity index (χ2v) is 13.3. The van der Waals surface area contributed by atoms with Gasteiger partial charge in [0.15, 0.2) is 0 Å². The second-order valence-electron chi connectivity index (χ2n) is 13.3. The maximum Gasteiger partial charge on any atom is 0.145 e. The summed E-state index contributed by atoms with van der Waals surface area (Å²) < 4.78 is 19.1. The summed E-state index contributed by atoms with van der Waals surface area (Å²) in [5, 5.41) is 0. The van der Waals surface area contributed by atoms with E-state index in [9.17, 15) is 0 Å². The highest BCUT2D eigenvalue weighted by Gasteiger charge is 2.49. The lowest BCUT2D eigenvalue weighted by Gasteiger charge is -2.43. The first-order chi connectivity index (χ1) is 22.2. The summed E-state index contributed by atoms with van der Waals surface area (Å²) in [6, 6.07) is 43.8. The lowest BCUT2D eigenvalue weighted by Crippen LogP contribution is -2.37. The van der Waals surface area contributed by atoms with Crippen molar-refractivity contribution in [2.75, 3.05) is 4.90 Å². The Morgan fingerprint density at radius 3 is 1.26 bits per heavy atom. The summed E-state index contributed by atoms with van der Waals surface area (Å²) in [6.45, 7) is 8.40. The Bertz CT molecular complexity index is 1910. The fourth-order valence-electron chi connectivity index (χ4n) is 7.26. The first kappa shape index (κ1) is 28.6. The molecule has 5 aromatic rings. The van der Waals surface area contributed by atoms with Crippen LogP contribution in [0.25, 0.3) is 0 Å². The van der Waals surface area contributed by atoms with E-state index in [1.54, 1.807) is 0 Å². The molecular weight excluding hydrogens is 566 g/mol. The van der Waals surface area contributed by atoms with E-state index in [1.165, 1.54) is 22.5 Å². The summed E-state index contributed by atoms with van der Waals surface area (Å²) in [4.78, 5) is 2.33. The van der Waals surface area contributed by atoms with Crippen molar-refractivity contribution in [1.82, 2.24) is 0 Å². The first-order valence-corrected chi connectivity index (χ1v) is 15.9. The molecule has 0 atom stereocenters. The van der Waals surface area contributed by atoms with Crippen LogP contribution in [0.5, 0.6) is 11.5 Å². The van der Waals surface area contributed by atoms with Crippen LogP contribution in [-0.2, 0) is 20.7 Å². The zero-order valence-corrected chi connectivity index (χ0v) is 26.6. The number of nitrogens with zero attached hydrogens (tertiary/aromatic N) is 1. The van der Waals surface area contributed by atoms with E-state index in [4.69, 9.17) is 14.2 Å². The maximum absolute atomic E-state index is 6.68. The predicted octanol–water partition coefficient (Wildman–Crippen LogP) is 10.5. The van der Waals surface area contributed by atoms with Gasteiger partial charge in [-0.15, -0.1) is 0 Å². The van der Waals surface area contributed by atoms with Crippen LogP contribution >= 0.6 is 0 Å². The number of fused-ring (bicyclic) bond motifs is 8. The van der Waals surface area contributed by atoms with Crippen molar-refractivity contribution in [3.8, 4) is 11.5 Å². The number of hydrogen-bond donors (Lipinski definition) is 0. The topological polar surface area (TPSA) is 30.9 Å². The molecule has 0 amide bonds. The molecule has 5 aromatic carbocycles. The van der Waals surface area contributed by atoms with Gasteiger partial charge in [-0.05, 0) is 76.2 Å². The molecule has 0 radical (unpaired) electrons. The van der Waals surface area contributed by atoms with Gasteiger partial charge in [-0.1, -0.05) is 103 Å². The number of rotatable bonds is 1. The molecule has 0 fully saturated rings. The van der Waals surface area contributed by atoms with Crippen LogP contribution < -0.4 is 9.64 Å². The molecular formula is C42H37NO3. The van der Waals surface area contributed by atoms with Crippen molar-refractivity contribution in [3.63, 3.8) is 0 Å². The molecule has 0 N–H and O–H groups in total. The van der Waals surface area contributed by atoms with Crippen molar-refractivity contribution in [3.05, 3.63) is 174 Å². The van der Waals surface area contributed by atoms with Crippen molar-refractivity contribution >= 4 is 17.1 Å². The number of hydrogen-bond acceptors (Lipinski definition) is 4. The van der Waals surface area contributed by atoms with Gasteiger partial charge in [0.2, 0.25) is 0 Å². The fraction of sp³-hybridized carbons (Fsp3) is 0.190. The first-order valence-electron chi connectivity index (χ1n) is 15.9. The molecule has 4 heterocycles. The van der Waals surface area contributed by atoms with Gasteiger partial charge in [0.1, 0.15) is 22.7 Å². The third-order valence-electron chi connectivity index (χ3n) is 9.19. The van der Waals surface area contributed by atoms with Crippen molar-refractivity contribution < 1.29 is 14.2 Å². The van der Waals surface area contributed by atoms with Crippen LogP contribution in [0.4, 0.5) is 17.1 Å². The van der Waals surface area contributed by atoms with E-state index >= 15 is 0 Å². The van der Waals surface area contributed by atoms with Crippen LogP contribution in [0.1, 0.15) is 49.9 Å². The molecule has 0 bridgehead atoms. The Morgan fingerprint density at radius 2 is 0.804 bits per heavy atom. The van der Waals surface area contributed by atoms with Crippen LogP contribution in [0.15, 0.2) is 152 Å². The quantitative estimate of drug-likeness (QED) is 0.178. The van der Waals surface area contributed by atoms with E-state index in [1.807, 2.05) is 36.4 Å². The molecule has 4 heteroatoms. The molecule has 0 saturated carbocycles. The molecule has 4 aliphatic heterocycles. The molecule has 2 spiro atoms. The van der Waals surface area contributed by atoms with Crippen LogP contribution in [0.3, 0.4) is 0 Å². The van der Waals surface area contributed by atoms with Crippen molar-refractivity contribution in [2.24, 2.45) is 0 Å². The Labute approximate surface area is 271 Å². The maximum atomic E-state index is 6.68. The molecule has 0 aliphatic carbocycles. The smallest absolute Gasteiger partial charge is 0.145 e. The van der Waals surface area contributed by atoms with E-state index < -0.39 is 11.2 Å². The van der Waals surface area contributed by atoms with Crippen molar-refractivity contribution in [1.29, 1.82) is 0 Å². The normalized spacial score (nSPS) is 19.3. The van der Waals surface area contributed by atoms with E-state index in [-0.39, 0.29) is 11.2 Å². The fourth-order valence-corrected chi connectivity index (χ4v) is 7.26. The summed E-state index contributed by atoms with van der Waals surface area (Å²) in [5.41, 5.74) is 6.35. The van der Waals surface area contributed by atoms with Gasteiger partial charge in [0.25, 0.3) is 0 Å². The lowest BCUT2D eigenvalue weighted by atomic mass is 9.80. The number of benzene rings is 5. The third kappa shape index (κ3) is 4.44. The van der Waals surface area contributed by atoms with Crippen LogP contribution in [0.2, 0.25) is 0 Å². The van der Waals surface area contributed by atoms with Crippen molar-refractivity contribution in [2.45, 2.75) is 50.1 Å². The average Bonchev–Trinajstić information content (AvgIpc) is 3.58. The van der Waals surface area contributed by atoms with E-state index in [0.29, 0.717) is 0 Å². The zero-order chi connectivity index (χ0) is 31.6. The van der Waals surface area contributed by atoms with Crippen LogP contribution in [0, 0.1) is 0 Å². The molecule has 0 aromatic heterocycles. The standard InChI is InChI=1S/C24H21NO.C18H16O2/c1-23(2)16-17-24(26-23)19-12-6-8-14-21(19)25(18-10-4-3-5-11-18)22-15-9-7-13-20(22)24;1-17(2)11-12-18(20-17)13-7-3-5-9-15(13)19-16-10-6-4-8-14(16)18/h3-17H,1-2H3;3-12H,1-2H3. The van der Waals surface area contributed by atoms with Gasteiger partial charge in [-0.2, -0.15) is 0 Å². The molecule has 0 saturated heterocycles. The molecule has 46 heavy (non-hydrogen) atoms. The minimum absolute atomic E-state index is 0.280. The zero-order valence-electron chi connectivity index (χ0n) is 26.6. The molecule has 9 rings (SSSR count). The predicted molar refractivity (Wildman–Crippen MR) is 184 cm³/mol. The number of ether oxygens (including phenoxy) is 3. The van der Waals surface area contributed by atoms with Gasteiger partial charge in [-0.25, -0.2) is 0 Å². The Hall–Kier alpha value is -4.90. The highest BCUT2D eigenvalue weighted by atomic mass is 16.5. The highest BCUT2D eigenvalue weighted by Crippen LogP contribution is 2.56. The van der Waals surface area contributed by atoms with Gasteiger partial charge in [-0.3, -0.25) is 0 Å². The molecule has 0 unspecified atom stereocenters. The minimum Gasteiger partial charge on any atom is -0.457 e. The van der Waals surface area contributed by atoms with Gasteiger partial charge >= 0.3 is 0 Å². The molecule has 4 nitrogen and oxygen atoms in total. The van der Waals surface area contributed by atoms with Gasteiger partial charge in [0.05, 0.1) is 22.6 Å². The number of para-hydroxylation sites is 5. The summed E-state index contributed by atoms with van der Waals surface area (Å²) in [5.74, 6) is 1.74. The monoisotopic (exact) mass is 603 g/mol. The highest BCUT2D eigenvalue weighted by molar-refractivity contribution is 5.86. The van der Waals surface area contributed by atoms with E-state index in [2.05, 4.69) is 148 Å². The second kappa shape index (κ2) is 10.3. The third-order valence-corrected chi connectivity index (χ3v) is 9.19. The van der Waals surface area contributed by atoms with Gasteiger partial charge < -0.3 is 19.1 Å². The minimum atomic E-state index is -0.540. The Balaban J connectivity index is 0.000000140. The van der Waals surface area contributed by atoms with Gasteiger partial charge in [0, 0.05) is 27.9 Å². The van der Waals surface area contributed by atoms with Crippen LogP contribution in [-0.4, -0.2) is 11.2 Å². The number of anilines is 3. The van der Waals surface area contributed by atoms with E-state index in [0.717, 1.165) is 28.3 Å². The molecule has 228 valence electrons.